The number of carbonyl (C=O) groups is 1. The van der Waals surface area contributed by atoms with Crippen LogP contribution < -0.4 is 4.90 Å². The zero-order chi connectivity index (χ0) is 16.7. The minimum atomic E-state index is -0.430. The van der Waals surface area contributed by atoms with Crippen molar-refractivity contribution in [3.05, 3.63) is 71.4 Å². The summed E-state index contributed by atoms with van der Waals surface area (Å²) in [7, 11) is 0. The Labute approximate surface area is 153 Å². The van der Waals surface area contributed by atoms with Gasteiger partial charge in [0.15, 0.2) is 0 Å². The second kappa shape index (κ2) is 6.16. The average molecular weight is 371 g/mol. The van der Waals surface area contributed by atoms with Crippen molar-refractivity contribution < 1.29 is 4.79 Å². The lowest BCUT2D eigenvalue weighted by Crippen LogP contribution is -2.29. The quantitative estimate of drug-likeness (QED) is 0.595. The van der Waals surface area contributed by atoms with Gasteiger partial charge in [0.2, 0.25) is 0 Å². The van der Waals surface area contributed by atoms with Crippen molar-refractivity contribution in [3.63, 3.8) is 0 Å². The number of nitrogens with zero attached hydrogens (tertiary/aromatic N) is 2. The minimum Gasteiger partial charge on any atom is -0.272 e. The number of amides is 1. The fourth-order valence-electron chi connectivity index (χ4n) is 2.67. The number of aromatic nitrogens is 1. The first-order valence-electron chi connectivity index (χ1n) is 7.29. The third kappa shape index (κ3) is 2.69. The number of benzene rings is 2. The van der Waals surface area contributed by atoms with Crippen molar-refractivity contribution >= 4 is 62.4 Å². The standard InChI is InChI=1S/C18H11ClN2OS2/c19-12-5-3-6-13(10-12)21-17(22)16(24-18(21)23)15-9-8-11-4-1-2-7-14(11)20-15/h1-10,16H. The van der Waals surface area contributed by atoms with Gasteiger partial charge in [0.05, 0.1) is 16.9 Å². The fraction of sp³-hybridized carbons (Fsp3) is 0.0556. The van der Waals surface area contributed by atoms with Crippen LogP contribution in [0.2, 0.25) is 5.02 Å². The Morgan fingerprint density at radius 1 is 1.08 bits per heavy atom. The molecular weight excluding hydrogens is 360 g/mol. The minimum absolute atomic E-state index is 0.0879. The maximum Gasteiger partial charge on any atom is 0.252 e. The van der Waals surface area contributed by atoms with E-state index < -0.39 is 5.25 Å². The predicted molar refractivity (Wildman–Crippen MR) is 104 cm³/mol. The van der Waals surface area contributed by atoms with E-state index in [9.17, 15) is 4.79 Å². The highest BCUT2D eigenvalue weighted by molar-refractivity contribution is 8.24. The molecule has 3 nitrogen and oxygen atoms in total. The summed E-state index contributed by atoms with van der Waals surface area (Å²) in [5.41, 5.74) is 2.28. The molecule has 0 N–H and O–H groups in total. The van der Waals surface area contributed by atoms with E-state index in [-0.39, 0.29) is 5.91 Å². The van der Waals surface area contributed by atoms with E-state index in [0.29, 0.717) is 15.0 Å². The normalized spacial score (nSPS) is 17.7. The number of pyridine rings is 1. The van der Waals surface area contributed by atoms with Crippen LogP contribution in [0.25, 0.3) is 10.9 Å². The number of hydrogen-bond acceptors (Lipinski definition) is 4. The monoisotopic (exact) mass is 370 g/mol. The molecule has 2 aromatic carbocycles. The molecule has 0 saturated carbocycles. The summed E-state index contributed by atoms with van der Waals surface area (Å²) >= 11 is 12.8. The van der Waals surface area contributed by atoms with Crippen LogP contribution in [-0.4, -0.2) is 15.2 Å². The van der Waals surface area contributed by atoms with Crippen molar-refractivity contribution in [2.24, 2.45) is 0 Å². The smallest absolute Gasteiger partial charge is 0.252 e. The molecule has 0 aliphatic carbocycles. The summed E-state index contributed by atoms with van der Waals surface area (Å²) in [6, 6.07) is 18.9. The van der Waals surface area contributed by atoms with Crippen LogP contribution in [0.3, 0.4) is 0 Å². The molecule has 1 amide bonds. The van der Waals surface area contributed by atoms with Crippen molar-refractivity contribution in [1.29, 1.82) is 0 Å². The zero-order valence-electron chi connectivity index (χ0n) is 12.3. The highest BCUT2D eigenvalue weighted by Gasteiger charge is 2.39. The van der Waals surface area contributed by atoms with Gasteiger partial charge in [-0.2, -0.15) is 0 Å². The molecule has 1 unspecified atom stereocenters. The number of halogens is 1. The SMILES string of the molecule is O=C1C(c2ccc3ccccc3n2)SC(=S)N1c1cccc(Cl)c1. The fourth-order valence-corrected chi connectivity index (χ4v) is 4.30. The van der Waals surface area contributed by atoms with Gasteiger partial charge in [-0.15, -0.1) is 0 Å². The molecule has 1 aliphatic heterocycles. The number of hydrogen-bond donors (Lipinski definition) is 0. The molecule has 118 valence electrons. The Balaban J connectivity index is 1.72. The molecule has 1 atom stereocenters. The molecule has 3 aromatic rings. The summed E-state index contributed by atoms with van der Waals surface area (Å²) in [6.45, 7) is 0. The molecule has 1 saturated heterocycles. The summed E-state index contributed by atoms with van der Waals surface area (Å²) in [4.78, 5) is 19.1. The van der Waals surface area contributed by atoms with Gasteiger partial charge >= 0.3 is 0 Å². The van der Waals surface area contributed by atoms with Gasteiger partial charge in [-0.3, -0.25) is 14.7 Å². The third-order valence-electron chi connectivity index (χ3n) is 3.80. The third-order valence-corrected chi connectivity index (χ3v) is 5.57. The second-order valence-corrected chi connectivity index (χ2v) is 7.52. The molecule has 0 radical (unpaired) electrons. The predicted octanol–water partition coefficient (Wildman–Crippen LogP) is 4.99. The first-order chi connectivity index (χ1) is 11.6. The van der Waals surface area contributed by atoms with E-state index in [1.54, 1.807) is 18.2 Å². The van der Waals surface area contributed by atoms with Gasteiger partial charge in [0.1, 0.15) is 9.57 Å². The van der Waals surface area contributed by atoms with Gasteiger partial charge < -0.3 is 0 Å². The van der Waals surface area contributed by atoms with E-state index >= 15 is 0 Å². The van der Waals surface area contributed by atoms with Gasteiger partial charge in [-0.05, 0) is 30.3 Å². The highest BCUT2D eigenvalue weighted by atomic mass is 35.5. The molecule has 0 bridgehead atoms. The summed E-state index contributed by atoms with van der Waals surface area (Å²) in [5, 5.41) is 1.19. The topological polar surface area (TPSA) is 33.2 Å². The maximum absolute atomic E-state index is 12.9. The van der Waals surface area contributed by atoms with Gasteiger partial charge in [0, 0.05) is 10.4 Å². The molecular formula is C18H11ClN2OS2. The molecule has 1 fully saturated rings. The van der Waals surface area contributed by atoms with Crippen molar-refractivity contribution in [2.45, 2.75) is 5.25 Å². The molecule has 0 spiro atoms. The zero-order valence-corrected chi connectivity index (χ0v) is 14.7. The maximum atomic E-state index is 12.9. The van der Waals surface area contributed by atoms with Crippen molar-refractivity contribution in [3.8, 4) is 0 Å². The Morgan fingerprint density at radius 3 is 2.75 bits per heavy atom. The van der Waals surface area contributed by atoms with Crippen LogP contribution >= 0.6 is 35.6 Å². The number of para-hydroxylation sites is 1. The average Bonchev–Trinajstić information content (AvgIpc) is 2.89. The van der Waals surface area contributed by atoms with Crippen molar-refractivity contribution in [2.75, 3.05) is 4.90 Å². The summed E-state index contributed by atoms with van der Waals surface area (Å²) < 4.78 is 0.516. The Kier molecular flexibility index (Phi) is 4.00. The lowest BCUT2D eigenvalue weighted by molar-refractivity contribution is -0.117. The van der Waals surface area contributed by atoms with Crippen LogP contribution in [0.4, 0.5) is 5.69 Å². The number of carbonyl (C=O) groups excluding carboxylic acids is 1. The summed E-state index contributed by atoms with van der Waals surface area (Å²) in [5.74, 6) is -0.0879. The molecule has 4 rings (SSSR count). The van der Waals surface area contributed by atoms with E-state index in [0.717, 1.165) is 16.6 Å². The largest absolute Gasteiger partial charge is 0.272 e. The Bertz CT molecular complexity index is 976. The van der Waals surface area contributed by atoms with Crippen LogP contribution in [0.1, 0.15) is 10.9 Å². The van der Waals surface area contributed by atoms with Crippen LogP contribution in [0, 0.1) is 0 Å². The van der Waals surface area contributed by atoms with E-state index in [4.69, 9.17) is 23.8 Å². The first kappa shape index (κ1) is 15.6. The molecule has 1 aromatic heterocycles. The van der Waals surface area contributed by atoms with Gasteiger partial charge in [-0.1, -0.05) is 65.9 Å². The van der Waals surface area contributed by atoms with Gasteiger partial charge in [-0.25, -0.2) is 0 Å². The van der Waals surface area contributed by atoms with E-state index in [1.807, 2.05) is 42.5 Å². The first-order valence-corrected chi connectivity index (χ1v) is 8.96. The number of rotatable bonds is 2. The van der Waals surface area contributed by atoms with Crippen LogP contribution in [0.5, 0.6) is 0 Å². The van der Waals surface area contributed by atoms with Crippen LogP contribution in [0.15, 0.2) is 60.7 Å². The van der Waals surface area contributed by atoms with Crippen molar-refractivity contribution in [1.82, 2.24) is 4.98 Å². The molecule has 24 heavy (non-hydrogen) atoms. The van der Waals surface area contributed by atoms with E-state index in [2.05, 4.69) is 4.98 Å². The van der Waals surface area contributed by atoms with Crippen LogP contribution in [-0.2, 0) is 4.79 Å². The Morgan fingerprint density at radius 2 is 1.92 bits per heavy atom. The number of anilines is 1. The molecule has 1 aliphatic rings. The molecule has 6 heteroatoms. The molecule has 2 heterocycles. The van der Waals surface area contributed by atoms with Gasteiger partial charge in [0.25, 0.3) is 5.91 Å². The van der Waals surface area contributed by atoms with E-state index in [1.165, 1.54) is 16.7 Å². The number of fused-ring (bicyclic) bond motifs is 1. The Hall–Kier alpha value is -1.95. The lowest BCUT2D eigenvalue weighted by atomic mass is 10.1. The number of thiocarbonyl (C=S) groups is 1. The lowest BCUT2D eigenvalue weighted by Gasteiger charge is -2.15. The highest BCUT2D eigenvalue weighted by Crippen LogP contribution is 2.41. The number of thioether (sulfide) groups is 1. The summed E-state index contributed by atoms with van der Waals surface area (Å²) in [6.07, 6.45) is 0. The second-order valence-electron chi connectivity index (χ2n) is 5.35.